The van der Waals surface area contributed by atoms with E-state index in [9.17, 15) is 19.8 Å². The molecule has 3 heterocycles. The van der Waals surface area contributed by atoms with E-state index in [0.717, 1.165) is 23.0 Å². The number of carbonyl (C=O) groups excluding carboxylic acids is 1. The maximum absolute atomic E-state index is 12.4. The second-order valence-corrected chi connectivity index (χ2v) is 10.00. The predicted octanol–water partition coefficient (Wildman–Crippen LogP) is 2.08. The number of thiocarbonyl (C=S) groups is 1. The molecular formula is C19H26N2O4S2. The van der Waals surface area contributed by atoms with Crippen LogP contribution in [-0.2, 0) is 9.59 Å². The first-order valence-corrected chi connectivity index (χ1v) is 11.0. The second-order valence-electron chi connectivity index (χ2n) is 8.24. The Bertz CT molecular complexity index is 710. The number of aliphatic carboxylic acids is 1. The minimum atomic E-state index is -1.05. The van der Waals surface area contributed by atoms with Gasteiger partial charge in [-0.1, -0.05) is 32.0 Å². The highest BCUT2D eigenvalue weighted by molar-refractivity contribution is 8.03. The molecule has 2 saturated heterocycles. The molecule has 0 spiro atoms. The van der Waals surface area contributed by atoms with Gasteiger partial charge >= 0.3 is 5.97 Å². The lowest BCUT2D eigenvalue weighted by atomic mass is 9.79. The average Bonchev–Trinajstić information content (AvgIpc) is 3.16. The molecule has 27 heavy (non-hydrogen) atoms. The number of likely N-dealkylation sites (tertiary alicyclic amines) is 1. The maximum atomic E-state index is 12.4. The van der Waals surface area contributed by atoms with Crippen molar-refractivity contribution in [3.8, 4) is 0 Å². The topological polar surface area (TPSA) is 81.1 Å². The largest absolute Gasteiger partial charge is 0.477 e. The van der Waals surface area contributed by atoms with Crippen LogP contribution in [0.3, 0.4) is 0 Å². The van der Waals surface area contributed by atoms with Gasteiger partial charge in [0.1, 0.15) is 5.70 Å². The van der Waals surface area contributed by atoms with Crippen molar-refractivity contribution in [1.29, 1.82) is 0 Å². The number of amides is 1. The van der Waals surface area contributed by atoms with Gasteiger partial charge in [0.15, 0.2) is 0 Å². The number of rotatable bonds is 5. The number of carbonyl (C=O) groups is 2. The van der Waals surface area contributed by atoms with Gasteiger partial charge in [0.25, 0.3) is 0 Å². The number of β-lactam (4-membered cyclic amide) rings is 1. The Kier molecular flexibility index (Phi) is 5.01. The third-order valence-corrected chi connectivity index (χ3v) is 8.51. The quantitative estimate of drug-likeness (QED) is 0.530. The first kappa shape index (κ1) is 19.2. The number of nitrogens with zero attached hydrogens (tertiary/aromatic N) is 2. The summed E-state index contributed by atoms with van der Waals surface area (Å²) in [6, 6.07) is -0.234. The van der Waals surface area contributed by atoms with Gasteiger partial charge in [0.05, 0.1) is 23.1 Å². The molecule has 0 aromatic rings. The summed E-state index contributed by atoms with van der Waals surface area (Å²) >= 11 is 7.23. The van der Waals surface area contributed by atoms with Crippen molar-refractivity contribution in [2.45, 2.75) is 56.9 Å². The van der Waals surface area contributed by atoms with E-state index in [1.165, 1.54) is 30.6 Å². The first-order valence-electron chi connectivity index (χ1n) is 9.75. The Morgan fingerprint density at radius 3 is 2.48 bits per heavy atom. The molecule has 148 valence electrons. The fourth-order valence-corrected chi connectivity index (χ4v) is 6.89. The molecular weight excluding hydrogens is 384 g/mol. The number of aliphatic hydroxyl groups is 1. The minimum absolute atomic E-state index is 0.0609. The van der Waals surface area contributed by atoms with Crippen molar-refractivity contribution in [2.24, 2.45) is 17.8 Å². The summed E-state index contributed by atoms with van der Waals surface area (Å²) in [7, 11) is 0. The lowest BCUT2D eigenvalue weighted by Crippen LogP contribution is -2.63. The van der Waals surface area contributed by atoms with Crippen molar-refractivity contribution < 1.29 is 19.8 Å². The number of carboxylic acids is 1. The molecule has 0 radical (unpaired) electrons. The van der Waals surface area contributed by atoms with Crippen LogP contribution < -0.4 is 0 Å². The molecule has 6 nitrogen and oxygen atoms in total. The van der Waals surface area contributed by atoms with Crippen LogP contribution in [0.2, 0.25) is 0 Å². The van der Waals surface area contributed by atoms with Crippen LogP contribution in [0.1, 0.15) is 39.5 Å². The third-order valence-electron chi connectivity index (χ3n) is 6.47. The van der Waals surface area contributed by atoms with Gasteiger partial charge in [-0.15, -0.1) is 11.8 Å². The monoisotopic (exact) mass is 410 g/mol. The van der Waals surface area contributed by atoms with E-state index in [0.29, 0.717) is 11.2 Å². The van der Waals surface area contributed by atoms with E-state index in [1.54, 1.807) is 18.7 Å². The maximum Gasteiger partial charge on any atom is 0.353 e. The highest BCUT2D eigenvalue weighted by Crippen LogP contribution is 2.52. The van der Waals surface area contributed by atoms with E-state index in [2.05, 4.69) is 4.90 Å². The summed E-state index contributed by atoms with van der Waals surface area (Å²) in [5.41, 5.74) is 0.121. The molecule has 1 amide bonds. The van der Waals surface area contributed by atoms with Crippen LogP contribution in [0.25, 0.3) is 0 Å². The molecule has 3 aliphatic heterocycles. The zero-order valence-corrected chi connectivity index (χ0v) is 17.3. The Hall–Kier alpha value is -1.12. The van der Waals surface area contributed by atoms with Crippen LogP contribution in [0.5, 0.6) is 0 Å². The van der Waals surface area contributed by atoms with Crippen LogP contribution >= 0.6 is 24.0 Å². The van der Waals surface area contributed by atoms with Gasteiger partial charge in [-0.05, 0) is 19.8 Å². The highest BCUT2D eigenvalue weighted by atomic mass is 32.2. The lowest BCUT2D eigenvalue weighted by Gasteiger charge is -2.46. The molecule has 1 aliphatic carbocycles. The number of hydrogen-bond donors (Lipinski definition) is 2. The molecule has 0 unspecified atom stereocenters. The number of aliphatic hydroxyl groups excluding tert-OH is 1. The minimum Gasteiger partial charge on any atom is -0.477 e. The average molecular weight is 411 g/mol. The number of hydrogen-bond acceptors (Lipinski definition) is 5. The summed E-state index contributed by atoms with van der Waals surface area (Å²) in [6.45, 7) is 5.27. The molecule has 1 saturated carbocycles. The summed E-state index contributed by atoms with van der Waals surface area (Å²) in [4.78, 5) is 29.7. The Labute approximate surface area is 169 Å². The fourth-order valence-electron chi connectivity index (χ4n) is 4.98. The van der Waals surface area contributed by atoms with Crippen LogP contribution in [-0.4, -0.2) is 67.4 Å². The SMILES string of the molecule is C[C@@H](O)[C@H]1C(=O)N2C(C(=O)O)=C(SC3CN(C(=S)C4CCCC4)C3)[C@H](C)[C@H]12. The van der Waals surface area contributed by atoms with Gasteiger partial charge in [-0.25, -0.2) is 4.79 Å². The third kappa shape index (κ3) is 3.00. The zero-order chi connectivity index (χ0) is 19.5. The van der Waals surface area contributed by atoms with Crippen LogP contribution in [0.4, 0.5) is 0 Å². The van der Waals surface area contributed by atoms with Crippen molar-refractivity contribution >= 4 is 40.8 Å². The molecule has 4 atom stereocenters. The standard InChI is InChI=1S/C19H26N2O4S2/c1-9-14-13(10(2)22)17(23)21(14)15(19(24)25)16(9)27-12-7-20(8-12)18(26)11-5-3-4-6-11/h9-14,22H,3-8H2,1-2H3,(H,24,25)/t9-,10-,13-,14-/m1/s1. The molecule has 0 bridgehead atoms. The summed E-state index contributed by atoms with van der Waals surface area (Å²) in [6.07, 6.45) is 4.15. The zero-order valence-electron chi connectivity index (χ0n) is 15.6. The molecule has 8 heteroatoms. The van der Waals surface area contributed by atoms with Crippen molar-refractivity contribution in [3.05, 3.63) is 10.6 Å². The molecule has 3 fully saturated rings. The molecule has 2 N–H and O–H groups in total. The van der Waals surface area contributed by atoms with E-state index < -0.39 is 18.0 Å². The van der Waals surface area contributed by atoms with Crippen molar-refractivity contribution in [2.75, 3.05) is 13.1 Å². The smallest absolute Gasteiger partial charge is 0.353 e. The van der Waals surface area contributed by atoms with Gasteiger partial charge in [0.2, 0.25) is 5.91 Å². The number of fused-ring (bicyclic) bond motifs is 1. The van der Waals surface area contributed by atoms with E-state index >= 15 is 0 Å². The van der Waals surface area contributed by atoms with E-state index in [1.807, 2.05) is 6.92 Å². The van der Waals surface area contributed by atoms with Gasteiger partial charge < -0.3 is 20.0 Å². The first-order chi connectivity index (χ1) is 12.8. The van der Waals surface area contributed by atoms with Gasteiger partial charge in [-0.2, -0.15) is 0 Å². The second kappa shape index (κ2) is 7.04. The number of carboxylic acid groups (broad SMARTS) is 1. The molecule has 0 aromatic heterocycles. The van der Waals surface area contributed by atoms with Crippen LogP contribution in [0.15, 0.2) is 10.6 Å². The lowest BCUT2D eigenvalue weighted by molar-refractivity contribution is -0.163. The van der Waals surface area contributed by atoms with Gasteiger partial charge in [-0.3, -0.25) is 4.79 Å². The highest BCUT2D eigenvalue weighted by Gasteiger charge is 2.60. The van der Waals surface area contributed by atoms with Gasteiger partial charge in [0, 0.05) is 35.1 Å². The summed E-state index contributed by atoms with van der Waals surface area (Å²) in [5.74, 6) is -1.35. The number of thioether (sulfide) groups is 1. The summed E-state index contributed by atoms with van der Waals surface area (Å²) < 4.78 is 0. The Balaban J connectivity index is 1.43. The molecule has 4 rings (SSSR count). The van der Waals surface area contributed by atoms with E-state index in [4.69, 9.17) is 12.2 Å². The molecule has 0 aromatic carbocycles. The van der Waals surface area contributed by atoms with Crippen molar-refractivity contribution in [3.63, 3.8) is 0 Å². The van der Waals surface area contributed by atoms with Crippen LogP contribution in [0, 0.1) is 17.8 Å². The predicted molar refractivity (Wildman–Crippen MR) is 107 cm³/mol. The van der Waals surface area contributed by atoms with Crippen molar-refractivity contribution in [1.82, 2.24) is 9.80 Å². The summed E-state index contributed by atoms with van der Waals surface area (Å²) in [5, 5.41) is 19.9. The fraction of sp³-hybridized carbons (Fsp3) is 0.737. The Morgan fingerprint density at radius 1 is 1.30 bits per heavy atom. The normalized spacial score (nSPS) is 32.4. The Morgan fingerprint density at radius 2 is 1.93 bits per heavy atom. The molecule has 4 aliphatic rings. The van der Waals surface area contributed by atoms with E-state index in [-0.39, 0.29) is 23.6 Å².